The van der Waals surface area contributed by atoms with E-state index < -0.39 is 0 Å². The highest BCUT2D eigenvalue weighted by Gasteiger charge is 2.14. The summed E-state index contributed by atoms with van der Waals surface area (Å²) in [5.74, 6) is 0.647. The Balaban J connectivity index is 2.23. The molecule has 2 aromatic rings. The zero-order valence-electron chi connectivity index (χ0n) is 11.0. The molecule has 0 saturated carbocycles. The van der Waals surface area contributed by atoms with Crippen LogP contribution in [0.2, 0.25) is 5.02 Å². The lowest BCUT2D eigenvalue weighted by Gasteiger charge is -2.10. The normalized spacial score (nSPS) is 10.5. The molecule has 1 N–H and O–H groups in total. The average Bonchev–Trinajstić information content (AvgIpc) is 2.75. The van der Waals surface area contributed by atoms with E-state index in [2.05, 4.69) is 17.2 Å². The predicted octanol–water partition coefficient (Wildman–Crippen LogP) is 3.51. The van der Waals surface area contributed by atoms with E-state index in [9.17, 15) is 4.79 Å². The van der Waals surface area contributed by atoms with E-state index in [0.717, 1.165) is 18.8 Å². The number of hydrogen-bond donors (Lipinski definition) is 1. The van der Waals surface area contributed by atoms with Gasteiger partial charge in [0.05, 0.1) is 16.9 Å². The van der Waals surface area contributed by atoms with Gasteiger partial charge >= 0.3 is 0 Å². The van der Waals surface area contributed by atoms with E-state index in [4.69, 9.17) is 11.6 Å². The third kappa shape index (κ3) is 2.96. The van der Waals surface area contributed by atoms with Crippen LogP contribution in [0.5, 0.6) is 0 Å². The number of aryl methyl sites for hydroxylation is 1. The smallest absolute Gasteiger partial charge is 0.273 e. The number of imidazole rings is 1. The molecule has 5 heteroatoms. The fourth-order valence-electron chi connectivity index (χ4n) is 1.90. The summed E-state index contributed by atoms with van der Waals surface area (Å²) in [6.45, 7) is 4.73. The Morgan fingerprint density at radius 1 is 1.42 bits per heavy atom. The van der Waals surface area contributed by atoms with Crippen molar-refractivity contribution in [1.29, 1.82) is 0 Å². The number of rotatable bonds is 4. The molecule has 0 saturated heterocycles. The zero-order valence-corrected chi connectivity index (χ0v) is 11.7. The van der Waals surface area contributed by atoms with Crippen LogP contribution >= 0.6 is 11.6 Å². The SMILES string of the molecule is CCCn1c(C(=O)Nc2ccccc2Cl)cnc1C. The van der Waals surface area contributed by atoms with Crippen molar-refractivity contribution in [2.75, 3.05) is 5.32 Å². The second kappa shape index (κ2) is 5.89. The van der Waals surface area contributed by atoms with E-state index in [1.165, 1.54) is 0 Å². The third-order valence-electron chi connectivity index (χ3n) is 2.86. The monoisotopic (exact) mass is 277 g/mol. The molecule has 0 fully saturated rings. The molecule has 1 aromatic carbocycles. The lowest BCUT2D eigenvalue weighted by Crippen LogP contribution is -2.17. The Labute approximate surface area is 117 Å². The summed E-state index contributed by atoms with van der Waals surface area (Å²) in [5.41, 5.74) is 1.16. The first-order valence-corrected chi connectivity index (χ1v) is 6.59. The van der Waals surface area contributed by atoms with Crippen molar-refractivity contribution in [2.45, 2.75) is 26.8 Å². The van der Waals surface area contributed by atoms with Crippen LogP contribution in [0.25, 0.3) is 0 Å². The van der Waals surface area contributed by atoms with E-state index in [0.29, 0.717) is 16.4 Å². The highest BCUT2D eigenvalue weighted by molar-refractivity contribution is 6.33. The number of hydrogen-bond acceptors (Lipinski definition) is 2. The molecule has 1 aromatic heterocycles. The van der Waals surface area contributed by atoms with Crippen molar-refractivity contribution in [3.8, 4) is 0 Å². The van der Waals surface area contributed by atoms with Gasteiger partial charge in [-0.15, -0.1) is 0 Å². The zero-order chi connectivity index (χ0) is 13.8. The molecule has 0 aliphatic carbocycles. The maximum absolute atomic E-state index is 12.2. The van der Waals surface area contributed by atoms with Crippen LogP contribution < -0.4 is 5.32 Å². The number of halogens is 1. The van der Waals surface area contributed by atoms with Gasteiger partial charge in [-0.25, -0.2) is 4.98 Å². The first kappa shape index (κ1) is 13.6. The number of para-hydroxylation sites is 1. The van der Waals surface area contributed by atoms with Gasteiger partial charge in [-0.1, -0.05) is 30.7 Å². The Bertz CT molecular complexity index is 592. The molecule has 1 amide bonds. The molecule has 0 aliphatic heterocycles. The average molecular weight is 278 g/mol. The Morgan fingerprint density at radius 3 is 2.84 bits per heavy atom. The minimum Gasteiger partial charge on any atom is -0.324 e. The van der Waals surface area contributed by atoms with Crippen LogP contribution in [0.4, 0.5) is 5.69 Å². The molecule has 2 rings (SSSR count). The van der Waals surface area contributed by atoms with Gasteiger partial charge < -0.3 is 9.88 Å². The van der Waals surface area contributed by atoms with Crippen LogP contribution in [-0.4, -0.2) is 15.5 Å². The number of amides is 1. The number of benzene rings is 1. The van der Waals surface area contributed by atoms with E-state index in [-0.39, 0.29) is 5.91 Å². The Morgan fingerprint density at radius 2 is 2.16 bits per heavy atom. The summed E-state index contributed by atoms with van der Waals surface area (Å²) in [6, 6.07) is 7.17. The predicted molar refractivity (Wildman–Crippen MR) is 76.7 cm³/mol. The van der Waals surface area contributed by atoms with Crippen molar-refractivity contribution in [1.82, 2.24) is 9.55 Å². The van der Waals surface area contributed by atoms with Crippen LogP contribution in [0.15, 0.2) is 30.5 Å². The highest BCUT2D eigenvalue weighted by atomic mass is 35.5. The van der Waals surface area contributed by atoms with Crippen molar-refractivity contribution in [3.05, 3.63) is 47.0 Å². The number of nitrogens with zero attached hydrogens (tertiary/aromatic N) is 2. The van der Waals surface area contributed by atoms with E-state index >= 15 is 0 Å². The Hall–Kier alpha value is -1.81. The second-order valence-electron chi connectivity index (χ2n) is 4.28. The summed E-state index contributed by atoms with van der Waals surface area (Å²) in [7, 11) is 0. The van der Waals surface area contributed by atoms with Gasteiger partial charge in [0.1, 0.15) is 11.5 Å². The molecule has 1 heterocycles. The second-order valence-corrected chi connectivity index (χ2v) is 4.68. The molecule has 100 valence electrons. The molecule has 0 atom stereocenters. The summed E-state index contributed by atoms with van der Waals surface area (Å²) in [4.78, 5) is 16.4. The van der Waals surface area contributed by atoms with Crippen LogP contribution in [0, 0.1) is 6.92 Å². The first-order chi connectivity index (χ1) is 9.13. The minimum absolute atomic E-state index is 0.192. The number of carbonyl (C=O) groups excluding carboxylic acids is 1. The summed E-state index contributed by atoms with van der Waals surface area (Å²) < 4.78 is 1.91. The summed E-state index contributed by atoms with van der Waals surface area (Å²) >= 11 is 6.02. The van der Waals surface area contributed by atoms with Gasteiger partial charge in [0.25, 0.3) is 5.91 Å². The fourth-order valence-corrected chi connectivity index (χ4v) is 2.09. The topological polar surface area (TPSA) is 46.9 Å². The minimum atomic E-state index is -0.192. The van der Waals surface area contributed by atoms with Gasteiger partial charge in [-0.05, 0) is 25.5 Å². The molecular formula is C14H16ClN3O. The van der Waals surface area contributed by atoms with Gasteiger partial charge in [0, 0.05) is 6.54 Å². The van der Waals surface area contributed by atoms with Crippen molar-refractivity contribution >= 4 is 23.2 Å². The first-order valence-electron chi connectivity index (χ1n) is 6.21. The maximum Gasteiger partial charge on any atom is 0.273 e. The van der Waals surface area contributed by atoms with Crippen LogP contribution in [0.1, 0.15) is 29.7 Å². The van der Waals surface area contributed by atoms with Gasteiger partial charge in [0.15, 0.2) is 0 Å². The number of anilines is 1. The number of carbonyl (C=O) groups is 1. The third-order valence-corrected chi connectivity index (χ3v) is 3.19. The number of aromatic nitrogens is 2. The van der Waals surface area contributed by atoms with Crippen LogP contribution in [-0.2, 0) is 6.54 Å². The van der Waals surface area contributed by atoms with Gasteiger partial charge in [-0.2, -0.15) is 0 Å². The molecule has 19 heavy (non-hydrogen) atoms. The largest absolute Gasteiger partial charge is 0.324 e. The molecule has 0 bridgehead atoms. The van der Waals surface area contributed by atoms with Crippen molar-refractivity contribution < 1.29 is 4.79 Å². The van der Waals surface area contributed by atoms with Crippen molar-refractivity contribution in [2.24, 2.45) is 0 Å². The fraction of sp³-hybridized carbons (Fsp3) is 0.286. The Kier molecular flexibility index (Phi) is 4.22. The van der Waals surface area contributed by atoms with Gasteiger partial charge in [0.2, 0.25) is 0 Å². The quantitative estimate of drug-likeness (QED) is 0.930. The lowest BCUT2D eigenvalue weighted by atomic mass is 10.3. The molecule has 0 aliphatic rings. The molecular weight excluding hydrogens is 262 g/mol. The molecule has 0 spiro atoms. The highest BCUT2D eigenvalue weighted by Crippen LogP contribution is 2.21. The number of nitrogens with one attached hydrogen (secondary N) is 1. The summed E-state index contributed by atoms with van der Waals surface area (Å²) in [6.07, 6.45) is 2.54. The van der Waals surface area contributed by atoms with Gasteiger partial charge in [-0.3, -0.25) is 4.79 Å². The van der Waals surface area contributed by atoms with E-state index in [1.54, 1.807) is 18.3 Å². The van der Waals surface area contributed by atoms with E-state index in [1.807, 2.05) is 23.6 Å². The molecule has 4 nitrogen and oxygen atoms in total. The lowest BCUT2D eigenvalue weighted by molar-refractivity contribution is 0.101. The van der Waals surface area contributed by atoms with Crippen LogP contribution in [0.3, 0.4) is 0 Å². The maximum atomic E-state index is 12.2. The summed E-state index contributed by atoms with van der Waals surface area (Å²) in [5, 5.41) is 3.33. The molecule has 0 unspecified atom stereocenters. The standard InChI is InChI=1S/C14H16ClN3O/c1-3-8-18-10(2)16-9-13(18)14(19)17-12-7-5-4-6-11(12)15/h4-7,9H,3,8H2,1-2H3,(H,17,19). The molecule has 0 radical (unpaired) electrons. The van der Waals surface area contributed by atoms with Crippen molar-refractivity contribution in [3.63, 3.8) is 0 Å².